The van der Waals surface area contributed by atoms with Crippen molar-refractivity contribution in [2.45, 2.75) is 32.6 Å². The monoisotopic (exact) mass is 253 g/mol. The van der Waals surface area contributed by atoms with E-state index in [1.807, 2.05) is 0 Å². The van der Waals surface area contributed by atoms with Gasteiger partial charge in [-0.2, -0.15) is 0 Å². The molecule has 4 heteroatoms. The zero-order valence-electron chi connectivity index (χ0n) is 11.6. The first-order valence-corrected chi connectivity index (χ1v) is 7.50. The zero-order chi connectivity index (χ0) is 12.8. The lowest BCUT2D eigenvalue weighted by molar-refractivity contribution is -0.124. The normalized spacial score (nSPS) is 26.4. The Morgan fingerprint density at radius 2 is 2.11 bits per heavy atom. The van der Waals surface area contributed by atoms with Gasteiger partial charge in [0.1, 0.15) is 0 Å². The standard InChI is InChI=1S/C14H27N3O/c1-2-17-9-5-12(6-10-17)3-8-16-14(18)13-4-7-15-11-13/h12-13,15H,2-11H2,1H3,(H,16,18). The number of hydrogen-bond donors (Lipinski definition) is 2. The van der Waals surface area contributed by atoms with Crippen LogP contribution in [-0.2, 0) is 4.79 Å². The summed E-state index contributed by atoms with van der Waals surface area (Å²) in [7, 11) is 0. The second-order valence-electron chi connectivity index (χ2n) is 5.65. The summed E-state index contributed by atoms with van der Waals surface area (Å²) < 4.78 is 0. The smallest absolute Gasteiger partial charge is 0.224 e. The van der Waals surface area contributed by atoms with Crippen molar-refractivity contribution in [1.29, 1.82) is 0 Å². The van der Waals surface area contributed by atoms with Crippen molar-refractivity contribution in [3.8, 4) is 0 Å². The SMILES string of the molecule is CCN1CCC(CCNC(=O)C2CCNC2)CC1. The predicted octanol–water partition coefficient (Wildman–Crippen LogP) is 0.834. The number of piperidine rings is 1. The minimum absolute atomic E-state index is 0.215. The number of hydrogen-bond acceptors (Lipinski definition) is 3. The fraction of sp³-hybridized carbons (Fsp3) is 0.929. The third kappa shape index (κ3) is 3.95. The van der Waals surface area contributed by atoms with Crippen LogP contribution in [0.2, 0.25) is 0 Å². The number of rotatable bonds is 5. The molecule has 0 spiro atoms. The zero-order valence-corrected chi connectivity index (χ0v) is 11.6. The molecule has 1 amide bonds. The van der Waals surface area contributed by atoms with Gasteiger partial charge in [-0.05, 0) is 57.8 Å². The van der Waals surface area contributed by atoms with Crippen molar-refractivity contribution in [2.75, 3.05) is 39.3 Å². The molecule has 2 saturated heterocycles. The molecule has 2 heterocycles. The quantitative estimate of drug-likeness (QED) is 0.763. The summed E-state index contributed by atoms with van der Waals surface area (Å²) in [4.78, 5) is 14.3. The lowest BCUT2D eigenvalue weighted by atomic mass is 9.93. The number of amides is 1. The van der Waals surface area contributed by atoms with Crippen molar-refractivity contribution in [2.24, 2.45) is 11.8 Å². The number of nitrogens with one attached hydrogen (secondary N) is 2. The second kappa shape index (κ2) is 7.10. The molecule has 2 aliphatic heterocycles. The highest BCUT2D eigenvalue weighted by Gasteiger charge is 2.22. The van der Waals surface area contributed by atoms with Crippen molar-refractivity contribution < 1.29 is 4.79 Å². The Hall–Kier alpha value is -0.610. The molecule has 0 saturated carbocycles. The summed E-state index contributed by atoms with van der Waals surface area (Å²) in [6, 6.07) is 0. The maximum absolute atomic E-state index is 11.8. The van der Waals surface area contributed by atoms with Crippen LogP contribution in [-0.4, -0.2) is 50.1 Å². The van der Waals surface area contributed by atoms with Crippen LogP contribution in [0.5, 0.6) is 0 Å². The lowest BCUT2D eigenvalue weighted by Gasteiger charge is -2.31. The van der Waals surface area contributed by atoms with E-state index < -0.39 is 0 Å². The van der Waals surface area contributed by atoms with E-state index in [2.05, 4.69) is 22.5 Å². The number of carbonyl (C=O) groups is 1. The summed E-state index contributed by atoms with van der Waals surface area (Å²) >= 11 is 0. The first-order valence-electron chi connectivity index (χ1n) is 7.50. The average Bonchev–Trinajstić information content (AvgIpc) is 2.93. The topological polar surface area (TPSA) is 44.4 Å². The molecule has 2 N–H and O–H groups in total. The highest BCUT2D eigenvalue weighted by molar-refractivity contribution is 5.79. The Morgan fingerprint density at radius 3 is 2.72 bits per heavy atom. The molecule has 0 radical (unpaired) electrons. The van der Waals surface area contributed by atoms with Gasteiger partial charge in [0.05, 0.1) is 5.92 Å². The fourth-order valence-corrected chi connectivity index (χ4v) is 3.01. The molecule has 104 valence electrons. The van der Waals surface area contributed by atoms with Gasteiger partial charge >= 0.3 is 0 Å². The summed E-state index contributed by atoms with van der Waals surface area (Å²) in [5.74, 6) is 1.28. The first-order chi connectivity index (χ1) is 8.79. The predicted molar refractivity (Wildman–Crippen MR) is 73.4 cm³/mol. The molecule has 0 aromatic heterocycles. The highest BCUT2D eigenvalue weighted by Crippen LogP contribution is 2.19. The van der Waals surface area contributed by atoms with Gasteiger partial charge in [-0.15, -0.1) is 0 Å². The van der Waals surface area contributed by atoms with Gasteiger partial charge in [0.2, 0.25) is 5.91 Å². The van der Waals surface area contributed by atoms with Gasteiger partial charge in [0, 0.05) is 13.1 Å². The summed E-state index contributed by atoms with van der Waals surface area (Å²) in [5.41, 5.74) is 0. The van der Waals surface area contributed by atoms with Gasteiger partial charge < -0.3 is 15.5 Å². The Balaban J connectivity index is 1.56. The summed E-state index contributed by atoms with van der Waals surface area (Å²) in [6.45, 7) is 8.61. The Kier molecular flexibility index (Phi) is 5.45. The van der Waals surface area contributed by atoms with Gasteiger partial charge in [0.15, 0.2) is 0 Å². The van der Waals surface area contributed by atoms with E-state index in [1.165, 1.54) is 32.5 Å². The summed E-state index contributed by atoms with van der Waals surface area (Å²) in [5, 5.41) is 6.34. The van der Waals surface area contributed by atoms with Crippen molar-refractivity contribution in [3.05, 3.63) is 0 Å². The van der Waals surface area contributed by atoms with Crippen LogP contribution < -0.4 is 10.6 Å². The molecule has 1 unspecified atom stereocenters. The van der Waals surface area contributed by atoms with E-state index in [9.17, 15) is 4.79 Å². The molecule has 2 fully saturated rings. The van der Waals surface area contributed by atoms with Gasteiger partial charge in [0.25, 0.3) is 0 Å². The molecule has 2 aliphatic rings. The van der Waals surface area contributed by atoms with E-state index in [0.29, 0.717) is 0 Å². The molecule has 0 aromatic carbocycles. The minimum Gasteiger partial charge on any atom is -0.356 e. The number of nitrogens with zero attached hydrogens (tertiary/aromatic N) is 1. The van der Waals surface area contributed by atoms with E-state index in [0.717, 1.165) is 38.4 Å². The Labute approximate surface area is 110 Å². The summed E-state index contributed by atoms with van der Waals surface area (Å²) in [6.07, 6.45) is 4.76. The maximum Gasteiger partial charge on any atom is 0.224 e. The van der Waals surface area contributed by atoms with Gasteiger partial charge in [-0.1, -0.05) is 6.92 Å². The van der Waals surface area contributed by atoms with Crippen LogP contribution >= 0.6 is 0 Å². The maximum atomic E-state index is 11.8. The van der Waals surface area contributed by atoms with E-state index in [4.69, 9.17) is 0 Å². The van der Waals surface area contributed by atoms with Crippen LogP contribution in [0, 0.1) is 11.8 Å². The van der Waals surface area contributed by atoms with E-state index >= 15 is 0 Å². The number of likely N-dealkylation sites (tertiary alicyclic amines) is 1. The van der Waals surface area contributed by atoms with E-state index in [-0.39, 0.29) is 11.8 Å². The molecule has 2 rings (SSSR count). The molecular formula is C14H27N3O. The van der Waals surface area contributed by atoms with Crippen LogP contribution in [0.4, 0.5) is 0 Å². The lowest BCUT2D eigenvalue weighted by Crippen LogP contribution is -2.36. The van der Waals surface area contributed by atoms with Crippen LogP contribution in [0.15, 0.2) is 0 Å². The molecule has 4 nitrogen and oxygen atoms in total. The van der Waals surface area contributed by atoms with Crippen LogP contribution in [0.1, 0.15) is 32.6 Å². The third-order valence-electron chi connectivity index (χ3n) is 4.44. The number of carbonyl (C=O) groups excluding carboxylic acids is 1. The fourth-order valence-electron chi connectivity index (χ4n) is 3.01. The molecule has 0 bridgehead atoms. The third-order valence-corrected chi connectivity index (χ3v) is 4.44. The molecule has 1 atom stereocenters. The highest BCUT2D eigenvalue weighted by atomic mass is 16.1. The van der Waals surface area contributed by atoms with Gasteiger partial charge in [-0.3, -0.25) is 4.79 Å². The Bertz CT molecular complexity index is 256. The Morgan fingerprint density at radius 1 is 1.33 bits per heavy atom. The van der Waals surface area contributed by atoms with Crippen molar-refractivity contribution >= 4 is 5.91 Å². The molecular weight excluding hydrogens is 226 g/mol. The first kappa shape index (κ1) is 13.8. The second-order valence-corrected chi connectivity index (χ2v) is 5.65. The molecule has 18 heavy (non-hydrogen) atoms. The van der Waals surface area contributed by atoms with Gasteiger partial charge in [-0.25, -0.2) is 0 Å². The van der Waals surface area contributed by atoms with Crippen LogP contribution in [0.25, 0.3) is 0 Å². The van der Waals surface area contributed by atoms with Crippen LogP contribution in [0.3, 0.4) is 0 Å². The molecule has 0 aliphatic carbocycles. The minimum atomic E-state index is 0.215. The van der Waals surface area contributed by atoms with Crippen molar-refractivity contribution in [1.82, 2.24) is 15.5 Å². The van der Waals surface area contributed by atoms with E-state index in [1.54, 1.807) is 0 Å². The molecule has 0 aromatic rings. The van der Waals surface area contributed by atoms with Crippen molar-refractivity contribution in [3.63, 3.8) is 0 Å². The average molecular weight is 253 g/mol. The largest absolute Gasteiger partial charge is 0.356 e.